The highest BCUT2D eigenvalue weighted by atomic mass is 15.1. The normalized spacial score (nSPS) is 10.5. The summed E-state index contributed by atoms with van der Waals surface area (Å²) in [6.07, 6.45) is 5.52. The average molecular weight is 417 g/mol. The highest BCUT2D eigenvalue weighted by molar-refractivity contribution is 5.81. The second kappa shape index (κ2) is 9.84. The molecule has 0 bridgehead atoms. The number of hydrogen-bond acceptors (Lipinski definition) is 2. The van der Waals surface area contributed by atoms with Gasteiger partial charge in [-0.3, -0.25) is 0 Å². The third kappa shape index (κ3) is 4.50. The van der Waals surface area contributed by atoms with Crippen molar-refractivity contribution >= 4 is 22.7 Å². The standard InChI is InChI=1S/C30H28N2/c1-3-9-25-11-5-7-13-29(25)32(30-14-8-6-12-26(30)10-4-2)28-21-17-24(18-22-28)23-15-19-27(31)20-16-23/h3-8,11-22H,1-2,9-10,31H2. The van der Waals surface area contributed by atoms with Gasteiger partial charge in [-0.2, -0.15) is 0 Å². The van der Waals surface area contributed by atoms with E-state index >= 15 is 0 Å². The van der Waals surface area contributed by atoms with Crippen molar-refractivity contribution in [3.8, 4) is 11.1 Å². The third-order valence-corrected chi connectivity index (χ3v) is 5.56. The summed E-state index contributed by atoms with van der Waals surface area (Å²) in [5, 5.41) is 0. The molecule has 0 aliphatic heterocycles. The van der Waals surface area contributed by atoms with Crippen LogP contribution in [0.15, 0.2) is 122 Å². The Kier molecular flexibility index (Phi) is 6.52. The molecule has 158 valence electrons. The summed E-state index contributed by atoms with van der Waals surface area (Å²) in [7, 11) is 0. The molecular formula is C30H28N2. The number of para-hydroxylation sites is 2. The fourth-order valence-electron chi connectivity index (χ4n) is 4.00. The first-order valence-electron chi connectivity index (χ1n) is 10.8. The number of allylic oxidation sites excluding steroid dienone is 2. The Morgan fingerprint density at radius 3 is 1.50 bits per heavy atom. The van der Waals surface area contributed by atoms with Gasteiger partial charge in [0.05, 0.1) is 0 Å². The molecular weight excluding hydrogens is 388 g/mol. The first kappa shape index (κ1) is 21.2. The van der Waals surface area contributed by atoms with Crippen LogP contribution in [-0.2, 0) is 12.8 Å². The fraction of sp³-hybridized carbons (Fsp3) is 0.0667. The minimum absolute atomic E-state index is 0.772. The summed E-state index contributed by atoms with van der Waals surface area (Å²) in [6.45, 7) is 7.92. The molecule has 2 nitrogen and oxygen atoms in total. The van der Waals surface area contributed by atoms with E-state index in [4.69, 9.17) is 5.73 Å². The van der Waals surface area contributed by atoms with Gasteiger partial charge >= 0.3 is 0 Å². The summed E-state index contributed by atoms with van der Waals surface area (Å²) < 4.78 is 0. The number of hydrogen-bond donors (Lipinski definition) is 1. The average Bonchev–Trinajstić information content (AvgIpc) is 2.83. The van der Waals surface area contributed by atoms with Crippen molar-refractivity contribution in [2.24, 2.45) is 0 Å². The number of nitrogen functional groups attached to an aromatic ring is 1. The molecule has 0 aliphatic carbocycles. The number of anilines is 4. The van der Waals surface area contributed by atoms with Crippen molar-refractivity contribution in [1.82, 2.24) is 0 Å². The van der Waals surface area contributed by atoms with Gasteiger partial charge in [-0.1, -0.05) is 72.8 Å². The molecule has 0 amide bonds. The molecule has 4 aromatic rings. The smallest absolute Gasteiger partial charge is 0.0496 e. The Bertz CT molecular complexity index is 1150. The topological polar surface area (TPSA) is 29.3 Å². The quantitative estimate of drug-likeness (QED) is 0.234. The molecule has 4 rings (SSSR count). The number of nitrogens with two attached hydrogens (primary N) is 1. The van der Waals surface area contributed by atoms with Crippen LogP contribution in [0.5, 0.6) is 0 Å². The lowest BCUT2D eigenvalue weighted by Crippen LogP contribution is -2.14. The van der Waals surface area contributed by atoms with Crippen LogP contribution in [0.25, 0.3) is 11.1 Å². The highest BCUT2D eigenvalue weighted by Crippen LogP contribution is 2.39. The molecule has 0 saturated carbocycles. The zero-order valence-electron chi connectivity index (χ0n) is 18.2. The van der Waals surface area contributed by atoms with Gasteiger partial charge in [0.1, 0.15) is 0 Å². The van der Waals surface area contributed by atoms with Gasteiger partial charge in [-0.15, -0.1) is 13.2 Å². The van der Waals surface area contributed by atoms with Gasteiger partial charge in [0.15, 0.2) is 0 Å². The van der Waals surface area contributed by atoms with Crippen LogP contribution >= 0.6 is 0 Å². The zero-order valence-corrected chi connectivity index (χ0v) is 18.2. The van der Waals surface area contributed by atoms with Crippen LogP contribution in [0.4, 0.5) is 22.7 Å². The van der Waals surface area contributed by atoms with E-state index in [9.17, 15) is 0 Å². The maximum atomic E-state index is 5.85. The first-order chi connectivity index (χ1) is 15.7. The minimum Gasteiger partial charge on any atom is -0.399 e. The molecule has 0 aromatic heterocycles. The Morgan fingerprint density at radius 2 is 1.03 bits per heavy atom. The van der Waals surface area contributed by atoms with Crippen molar-refractivity contribution in [2.45, 2.75) is 12.8 Å². The van der Waals surface area contributed by atoms with Crippen LogP contribution in [0.3, 0.4) is 0 Å². The molecule has 32 heavy (non-hydrogen) atoms. The molecule has 4 aromatic carbocycles. The number of nitrogens with zero attached hydrogens (tertiary/aromatic N) is 1. The van der Waals surface area contributed by atoms with Crippen LogP contribution in [0, 0.1) is 0 Å². The van der Waals surface area contributed by atoms with Crippen LogP contribution in [0.2, 0.25) is 0 Å². The maximum absolute atomic E-state index is 5.85. The Labute approximate surface area is 191 Å². The van der Waals surface area contributed by atoms with Gasteiger partial charge in [-0.05, 0) is 71.5 Å². The van der Waals surface area contributed by atoms with Crippen molar-refractivity contribution in [3.05, 3.63) is 133 Å². The summed E-state index contributed by atoms with van der Waals surface area (Å²) in [4.78, 5) is 2.34. The van der Waals surface area contributed by atoms with E-state index in [0.29, 0.717) is 0 Å². The zero-order chi connectivity index (χ0) is 22.3. The molecule has 2 N–H and O–H groups in total. The Morgan fingerprint density at radius 1 is 0.594 bits per heavy atom. The molecule has 0 heterocycles. The summed E-state index contributed by atoms with van der Waals surface area (Å²) >= 11 is 0. The lowest BCUT2D eigenvalue weighted by molar-refractivity contribution is 1.16. The van der Waals surface area contributed by atoms with Gasteiger partial charge in [0, 0.05) is 22.7 Å². The fourth-order valence-corrected chi connectivity index (χ4v) is 4.00. The molecule has 0 aliphatic rings. The van der Waals surface area contributed by atoms with E-state index in [0.717, 1.165) is 46.7 Å². The summed E-state index contributed by atoms with van der Waals surface area (Å²) in [5.74, 6) is 0. The van der Waals surface area contributed by atoms with Crippen molar-refractivity contribution in [2.75, 3.05) is 10.6 Å². The van der Waals surface area contributed by atoms with Crippen LogP contribution in [0.1, 0.15) is 11.1 Å². The van der Waals surface area contributed by atoms with E-state index in [1.807, 2.05) is 24.3 Å². The van der Waals surface area contributed by atoms with Crippen LogP contribution < -0.4 is 10.6 Å². The SMILES string of the molecule is C=CCc1ccccc1N(c1ccc(-c2ccc(N)cc2)cc1)c1ccccc1CC=C. The third-order valence-electron chi connectivity index (χ3n) is 5.56. The molecule has 0 saturated heterocycles. The number of rotatable bonds is 8. The maximum Gasteiger partial charge on any atom is 0.0496 e. The monoisotopic (exact) mass is 416 g/mol. The summed E-state index contributed by atoms with van der Waals surface area (Å²) in [5.41, 5.74) is 14.8. The predicted molar refractivity (Wildman–Crippen MR) is 139 cm³/mol. The largest absolute Gasteiger partial charge is 0.399 e. The molecule has 0 radical (unpaired) electrons. The van der Waals surface area contributed by atoms with Crippen LogP contribution in [-0.4, -0.2) is 0 Å². The van der Waals surface area contributed by atoms with Gasteiger partial charge in [0.25, 0.3) is 0 Å². The molecule has 0 spiro atoms. The molecule has 2 heteroatoms. The molecule has 0 fully saturated rings. The minimum atomic E-state index is 0.772. The summed E-state index contributed by atoms with van der Waals surface area (Å²) in [6, 6.07) is 33.7. The van der Waals surface area contributed by atoms with Crippen molar-refractivity contribution < 1.29 is 0 Å². The van der Waals surface area contributed by atoms with E-state index in [1.54, 1.807) is 0 Å². The Balaban J connectivity index is 1.84. The van der Waals surface area contributed by atoms with Crippen molar-refractivity contribution in [3.63, 3.8) is 0 Å². The van der Waals surface area contributed by atoms with E-state index in [2.05, 4.69) is 103 Å². The second-order valence-electron chi connectivity index (χ2n) is 7.75. The second-order valence-corrected chi connectivity index (χ2v) is 7.75. The highest BCUT2D eigenvalue weighted by Gasteiger charge is 2.17. The van der Waals surface area contributed by atoms with Gasteiger partial charge < -0.3 is 10.6 Å². The van der Waals surface area contributed by atoms with Crippen molar-refractivity contribution in [1.29, 1.82) is 0 Å². The number of benzene rings is 4. The van der Waals surface area contributed by atoms with E-state index in [1.165, 1.54) is 11.1 Å². The molecule has 0 unspecified atom stereocenters. The lowest BCUT2D eigenvalue weighted by Gasteiger charge is -2.29. The lowest BCUT2D eigenvalue weighted by atomic mass is 10.0. The molecule has 0 atom stereocenters. The van der Waals surface area contributed by atoms with Gasteiger partial charge in [0.2, 0.25) is 0 Å². The predicted octanol–water partition coefficient (Wildman–Crippen LogP) is 7.86. The first-order valence-corrected chi connectivity index (χ1v) is 10.8. The van der Waals surface area contributed by atoms with E-state index < -0.39 is 0 Å². The van der Waals surface area contributed by atoms with Gasteiger partial charge in [-0.25, -0.2) is 0 Å². The van der Waals surface area contributed by atoms with E-state index in [-0.39, 0.29) is 0 Å². The Hall–Kier alpha value is -4.04.